The summed E-state index contributed by atoms with van der Waals surface area (Å²) in [4.78, 5) is 35.5. The minimum Gasteiger partial charge on any atom is -0.457 e. The molecule has 0 saturated heterocycles. The zero-order chi connectivity index (χ0) is 26.1. The van der Waals surface area contributed by atoms with Crippen molar-refractivity contribution >= 4 is 30.4 Å². The Balaban J connectivity index is 1.02. The summed E-state index contributed by atoms with van der Waals surface area (Å²) >= 11 is 0. The number of hydrogen-bond acceptors (Lipinski definition) is 9. The zero-order valence-corrected chi connectivity index (χ0v) is 19.6. The van der Waals surface area contributed by atoms with Gasteiger partial charge >= 0.3 is 18.0 Å². The molecule has 0 spiro atoms. The number of carbonyl (C=O) groups excluding carboxylic acids is 3. The fraction of sp³-hybridized carbons (Fsp3) is 0.0741. The highest BCUT2D eigenvalue weighted by Crippen LogP contribution is 2.29. The number of rotatable bonds is 6. The van der Waals surface area contributed by atoms with Crippen LogP contribution in [0.15, 0.2) is 79.7 Å². The Kier molecular flexibility index (Phi) is 5.77. The Labute approximate surface area is 214 Å². The van der Waals surface area contributed by atoms with Crippen LogP contribution in [0.1, 0.15) is 43.4 Å². The van der Waals surface area contributed by atoms with Gasteiger partial charge in [0.25, 0.3) is 0 Å². The van der Waals surface area contributed by atoms with Crippen LogP contribution < -0.4 is 10.9 Å². The quantitative estimate of drug-likeness (QED) is 0.224. The van der Waals surface area contributed by atoms with E-state index in [1.165, 1.54) is 12.4 Å². The Morgan fingerprint density at radius 1 is 0.684 bits per heavy atom. The first-order chi connectivity index (χ1) is 18.5. The molecule has 0 fully saturated rings. The van der Waals surface area contributed by atoms with Crippen molar-refractivity contribution in [3.63, 3.8) is 0 Å². The molecule has 38 heavy (non-hydrogen) atoms. The van der Waals surface area contributed by atoms with E-state index < -0.39 is 6.03 Å². The molecule has 0 aliphatic carbocycles. The van der Waals surface area contributed by atoms with Gasteiger partial charge in [-0.3, -0.25) is 0 Å². The molecule has 188 valence electrons. The van der Waals surface area contributed by atoms with Crippen molar-refractivity contribution in [1.29, 1.82) is 0 Å². The van der Waals surface area contributed by atoms with Gasteiger partial charge < -0.3 is 18.3 Å². The van der Waals surface area contributed by atoms with Crippen LogP contribution in [0, 0.1) is 0 Å². The summed E-state index contributed by atoms with van der Waals surface area (Å²) in [6.45, 7) is 0.554. The number of esters is 2. The molecule has 0 bridgehead atoms. The molecule has 0 saturated carbocycles. The number of nitrogens with one attached hydrogen (secondary N) is 2. The molecule has 4 heterocycles. The Morgan fingerprint density at radius 2 is 1.16 bits per heavy atom. The lowest BCUT2D eigenvalue weighted by Crippen LogP contribution is -2.28. The third-order valence-electron chi connectivity index (χ3n) is 5.92. The number of urea groups is 1. The Hall–Kier alpha value is -5.45. The average molecular weight is 510 g/mol. The number of fused-ring (bicyclic) bond motifs is 2. The third kappa shape index (κ3) is 4.55. The molecule has 0 unspecified atom stereocenters. The van der Waals surface area contributed by atoms with Crippen LogP contribution in [0.4, 0.5) is 4.79 Å². The van der Waals surface area contributed by atoms with E-state index in [9.17, 15) is 14.4 Å². The normalized spacial score (nSPS) is 14.0. The predicted molar refractivity (Wildman–Crippen MR) is 133 cm³/mol. The Morgan fingerprint density at radius 3 is 1.63 bits per heavy atom. The highest BCUT2D eigenvalue weighted by molar-refractivity contribution is 5.95. The molecule has 2 aromatic heterocycles. The first-order valence-electron chi connectivity index (χ1n) is 11.5. The molecule has 2 aliphatic rings. The standard InChI is InChI=1S/C27H18N4O7/c32-25-21-9-15(1-3-17(21)13-35-25)23-7-5-19(37-23)11-28-30-27(34)31-29-12-20-6-8-24(38-20)16-2-4-18-14-36-26(33)22(18)10-16/h1-12H,13-14H2,(H2,30,31,34)/b28-11-,29-12-. The number of furan rings is 2. The molecule has 0 atom stereocenters. The third-order valence-corrected chi connectivity index (χ3v) is 5.92. The van der Waals surface area contributed by atoms with Gasteiger partial charge in [0.2, 0.25) is 0 Å². The van der Waals surface area contributed by atoms with Gasteiger partial charge in [-0.05, 0) is 36.4 Å². The molecule has 2 amide bonds. The van der Waals surface area contributed by atoms with Gasteiger partial charge in [-0.25, -0.2) is 25.2 Å². The number of carbonyl (C=O) groups is 3. The number of cyclic esters (lactones) is 2. The molecular formula is C27H18N4O7. The number of hydrogen-bond donors (Lipinski definition) is 2. The van der Waals surface area contributed by atoms with Crippen molar-refractivity contribution in [2.75, 3.05) is 0 Å². The lowest BCUT2D eigenvalue weighted by Gasteiger charge is -1.99. The predicted octanol–water partition coefficient (Wildman–Crippen LogP) is 4.21. The maximum absolute atomic E-state index is 12.0. The lowest BCUT2D eigenvalue weighted by molar-refractivity contribution is 0.0526. The van der Waals surface area contributed by atoms with E-state index in [2.05, 4.69) is 21.1 Å². The van der Waals surface area contributed by atoms with Crippen LogP contribution in [0.5, 0.6) is 0 Å². The number of ether oxygens (including phenoxy) is 2. The van der Waals surface area contributed by atoms with Crippen LogP contribution >= 0.6 is 0 Å². The first-order valence-corrected chi connectivity index (χ1v) is 11.5. The van der Waals surface area contributed by atoms with E-state index in [0.717, 1.165) is 22.3 Å². The number of amides is 2. The van der Waals surface area contributed by atoms with E-state index in [1.54, 1.807) is 36.4 Å². The van der Waals surface area contributed by atoms with E-state index in [1.807, 2.05) is 24.3 Å². The van der Waals surface area contributed by atoms with E-state index in [-0.39, 0.29) is 25.2 Å². The van der Waals surface area contributed by atoms with Crippen LogP contribution in [0.25, 0.3) is 22.6 Å². The average Bonchev–Trinajstić information content (AvgIpc) is 3.72. The van der Waals surface area contributed by atoms with Crippen molar-refractivity contribution in [2.24, 2.45) is 10.2 Å². The monoisotopic (exact) mass is 510 g/mol. The SMILES string of the molecule is O=C(N/N=C\c1ccc(-c2ccc3c(c2)C(=O)OC3)o1)N/N=C\c1ccc(-c2ccc3c(c2)C(=O)OC3)o1. The van der Waals surface area contributed by atoms with Gasteiger partial charge in [-0.2, -0.15) is 10.2 Å². The fourth-order valence-corrected chi connectivity index (χ4v) is 4.02. The molecule has 2 N–H and O–H groups in total. The Bertz CT molecular complexity index is 1530. The van der Waals surface area contributed by atoms with E-state index in [4.69, 9.17) is 18.3 Å². The maximum atomic E-state index is 12.0. The summed E-state index contributed by atoms with van der Waals surface area (Å²) in [6, 6.07) is 16.9. The van der Waals surface area contributed by atoms with E-state index in [0.29, 0.717) is 34.2 Å². The second-order valence-corrected chi connectivity index (χ2v) is 8.37. The lowest BCUT2D eigenvalue weighted by atomic mass is 10.0. The van der Waals surface area contributed by atoms with Crippen molar-refractivity contribution in [1.82, 2.24) is 10.9 Å². The highest BCUT2D eigenvalue weighted by atomic mass is 16.5. The van der Waals surface area contributed by atoms with Gasteiger partial charge in [0.05, 0.1) is 23.6 Å². The molecule has 11 heteroatoms. The fourth-order valence-electron chi connectivity index (χ4n) is 4.02. The van der Waals surface area contributed by atoms with Gasteiger partial charge in [0.15, 0.2) is 0 Å². The molecule has 2 aliphatic heterocycles. The molecule has 2 aromatic carbocycles. The van der Waals surface area contributed by atoms with Crippen LogP contribution in [0.3, 0.4) is 0 Å². The summed E-state index contributed by atoms with van der Waals surface area (Å²) in [5.74, 6) is 1.17. The molecule has 11 nitrogen and oxygen atoms in total. The molecule has 4 aromatic rings. The van der Waals surface area contributed by atoms with Crippen LogP contribution in [-0.4, -0.2) is 30.4 Å². The van der Waals surface area contributed by atoms with Gasteiger partial charge in [0, 0.05) is 22.3 Å². The largest absolute Gasteiger partial charge is 0.457 e. The van der Waals surface area contributed by atoms with Gasteiger partial charge in [0.1, 0.15) is 36.3 Å². The number of benzene rings is 2. The second kappa shape index (κ2) is 9.54. The number of hydrazone groups is 2. The van der Waals surface area contributed by atoms with Crippen molar-refractivity contribution in [3.8, 4) is 22.6 Å². The maximum Gasteiger partial charge on any atom is 0.355 e. The summed E-state index contributed by atoms with van der Waals surface area (Å²) in [5.41, 5.74) is 8.72. The smallest absolute Gasteiger partial charge is 0.355 e. The highest BCUT2D eigenvalue weighted by Gasteiger charge is 2.23. The topological polar surface area (TPSA) is 145 Å². The first kappa shape index (κ1) is 23.0. The second-order valence-electron chi connectivity index (χ2n) is 8.37. The van der Waals surface area contributed by atoms with Crippen molar-refractivity contribution in [2.45, 2.75) is 13.2 Å². The van der Waals surface area contributed by atoms with Gasteiger partial charge in [-0.1, -0.05) is 24.3 Å². The minimum atomic E-state index is -0.676. The molecule has 6 rings (SSSR count). The molecule has 0 radical (unpaired) electrons. The van der Waals surface area contributed by atoms with Crippen molar-refractivity contribution < 1.29 is 32.7 Å². The summed E-state index contributed by atoms with van der Waals surface area (Å²) in [5, 5.41) is 7.67. The molecular weight excluding hydrogens is 492 g/mol. The van der Waals surface area contributed by atoms with Crippen LogP contribution in [0.2, 0.25) is 0 Å². The summed E-state index contributed by atoms with van der Waals surface area (Å²) in [6.07, 6.45) is 2.67. The van der Waals surface area contributed by atoms with Crippen molar-refractivity contribution in [3.05, 3.63) is 94.4 Å². The zero-order valence-electron chi connectivity index (χ0n) is 19.6. The minimum absolute atomic E-state index is 0.277. The van der Waals surface area contributed by atoms with E-state index >= 15 is 0 Å². The number of nitrogens with zero attached hydrogens (tertiary/aromatic N) is 2. The van der Waals surface area contributed by atoms with Crippen LogP contribution in [-0.2, 0) is 22.7 Å². The summed E-state index contributed by atoms with van der Waals surface area (Å²) in [7, 11) is 0. The summed E-state index contributed by atoms with van der Waals surface area (Å²) < 4.78 is 21.5. The van der Waals surface area contributed by atoms with Gasteiger partial charge in [-0.15, -0.1) is 0 Å².